The molecule has 0 aliphatic carbocycles. The van der Waals surface area contributed by atoms with E-state index in [0.29, 0.717) is 17.4 Å². The Morgan fingerprint density at radius 1 is 1.44 bits per heavy atom. The molecule has 94 valence electrons. The first kappa shape index (κ1) is 13.0. The predicted octanol–water partition coefficient (Wildman–Crippen LogP) is 2.76. The maximum absolute atomic E-state index is 12.0. The largest absolute Gasteiger partial charge is 0.375 e. The molecule has 6 heteroatoms. The van der Waals surface area contributed by atoms with Gasteiger partial charge < -0.3 is 10.6 Å². The Hall–Kier alpha value is -1.40. The number of carbonyl (C=O) groups excluding carboxylic acids is 1. The first-order chi connectivity index (χ1) is 8.56. The molecule has 2 aromatic rings. The van der Waals surface area contributed by atoms with E-state index in [0.717, 1.165) is 10.0 Å². The van der Waals surface area contributed by atoms with E-state index in [-0.39, 0.29) is 5.91 Å². The third kappa shape index (κ3) is 3.08. The summed E-state index contributed by atoms with van der Waals surface area (Å²) in [5.74, 6) is -0.120. The van der Waals surface area contributed by atoms with Gasteiger partial charge in [0.25, 0.3) is 5.91 Å². The van der Waals surface area contributed by atoms with Gasteiger partial charge in [0, 0.05) is 23.4 Å². The van der Waals surface area contributed by atoms with Crippen LogP contribution in [0.25, 0.3) is 0 Å². The second-order valence-electron chi connectivity index (χ2n) is 3.86. The Balaban J connectivity index is 2.05. The van der Waals surface area contributed by atoms with Gasteiger partial charge in [0.1, 0.15) is 5.69 Å². The minimum Gasteiger partial charge on any atom is -0.375 e. The lowest BCUT2D eigenvalue weighted by atomic mass is 10.2. The second kappa shape index (κ2) is 5.49. The van der Waals surface area contributed by atoms with Crippen molar-refractivity contribution in [3.8, 4) is 0 Å². The molecule has 4 nitrogen and oxygen atoms in total. The Labute approximate surface area is 118 Å². The molecule has 1 aromatic heterocycles. The molecule has 1 heterocycles. The van der Waals surface area contributed by atoms with Gasteiger partial charge >= 0.3 is 0 Å². The van der Waals surface area contributed by atoms with Crippen molar-refractivity contribution in [3.63, 3.8) is 0 Å². The maximum atomic E-state index is 12.0. The highest BCUT2D eigenvalue weighted by atomic mass is 79.9. The summed E-state index contributed by atoms with van der Waals surface area (Å²) in [5.41, 5.74) is 6.98. The zero-order valence-electron chi connectivity index (χ0n) is 9.76. The van der Waals surface area contributed by atoms with Crippen molar-refractivity contribution in [1.29, 1.82) is 0 Å². The van der Waals surface area contributed by atoms with Gasteiger partial charge in [-0.05, 0) is 17.7 Å². The summed E-state index contributed by atoms with van der Waals surface area (Å²) in [6, 6.07) is 7.86. The van der Waals surface area contributed by atoms with Crippen LogP contribution in [0.5, 0.6) is 0 Å². The molecule has 0 spiro atoms. The van der Waals surface area contributed by atoms with Gasteiger partial charge in [-0.1, -0.05) is 28.1 Å². The number of hydrogen-bond acceptors (Lipinski definition) is 4. The number of thiazole rings is 1. The number of halogens is 1. The van der Waals surface area contributed by atoms with Crippen molar-refractivity contribution in [2.75, 3.05) is 12.8 Å². The van der Waals surface area contributed by atoms with Gasteiger partial charge in [-0.25, -0.2) is 4.98 Å². The van der Waals surface area contributed by atoms with Gasteiger partial charge in [0.15, 0.2) is 5.13 Å². The van der Waals surface area contributed by atoms with Crippen molar-refractivity contribution in [2.45, 2.75) is 6.54 Å². The summed E-state index contributed by atoms with van der Waals surface area (Å²) in [7, 11) is 1.75. The fourth-order valence-corrected chi connectivity index (χ4v) is 2.32. The molecule has 0 atom stereocenters. The first-order valence-electron chi connectivity index (χ1n) is 5.27. The average molecular weight is 326 g/mol. The molecule has 0 saturated heterocycles. The summed E-state index contributed by atoms with van der Waals surface area (Å²) in [6.45, 7) is 0.545. The Morgan fingerprint density at radius 2 is 2.11 bits per heavy atom. The highest BCUT2D eigenvalue weighted by molar-refractivity contribution is 9.10. The molecule has 0 aliphatic heterocycles. The fraction of sp³-hybridized carbons (Fsp3) is 0.167. The van der Waals surface area contributed by atoms with E-state index >= 15 is 0 Å². The van der Waals surface area contributed by atoms with Crippen LogP contribution in [0.2, 0.25) is 0 Å². The predicted molar refractivity (Wildman–Crippen MR) is 76.5 cm³/mol. The summed E-state index contributed by atoms with van der Waals surface area (Å²) in [5, 5.41) is 2.09. The Morgan fingerprint density at radius 3 is 2.67 bits per heavy atom. The van der Waals surface area contributed by atoms with Gasteiger partial charge in [-0.15, -0.1) is 11.3 Å². The van der Waals surface area contributed by atoms with Crippen molar-refractivity contribution in [3.05, 3.63) is 45.4 Å². The van der Waals surface area contributed by atoms with Crippen LogP contribution in [-0.4, -0.2) is 22.8 Å². The molecule has 2 rings (SSSR count). The van der Waals surface area contributed by atoms with Crippen molar-refractivity contribution < 1.29 is 4.79 Å². The molecule has 0 bridgehead atoms. The molecule has 1 amide bonds. The third-order valence-corrected chi connectivity index (χ3v) is 3.62. The van der Waals surface area contributed by atoms with Crippen LogP contribution in [-0.2, 0) is 6.54 Å². The lowest BCUT2D eigenvalue weighted by Crippen LogP contribution is -2.26. The average Bonchev–Trinajstić information content (AvgIpc) is 2.78. The highest BCUT2D eigenvalue weighted by Gasteiger charge is 2.14. The third-order valence-electron chi connectivity index (χ3n) is 2.42. The topological polar surface area (TPSA) is 59.2 Å². The van der Waals surface area contributed by atoms with Crippen LogP contribution < -0.4 is 5.73 Å². The summed E-state index contributed by atoms with van der Waals surface area (Å²) in [4.78, 5) is 17.6. The van der Waals surface area contributed by atoms with Crippen molar-refractivity contribution >= 4 is 38.3 Å². The molecular formula is C12H12BrN3OS. The highest BCUT2D eigenvalue weighted by Crippen LogP contribution is 2.15. The smallest absolute Gasteiger partial charge is 0.273 e. The maximum Gasteiger partial charge on any atom is 0.273 e. The minimum atomic E-state index is -0.120. The van der Waals surface area contributed by atoms with Gasteiger partial charge in [0.2, 0.25) is 0 Å². The van der Waals surface area contributed by atoms with E-state index in [1.165, 1.54) is 11.3 Å². The number of benzene rings is 1. The van der Waals surface area contributed by atoms with E-state index in [9.17, 15) is 4.79 Å². The lowest BCUT2D eigenvalue weighted by Gasteiger charge is -2.15. The zero-order valence-corrected chi connectivity index (χ0v) is 12.2. The number of nitrogen functional groups attached to an aromatic ring is 1. The van der Waals surface area contributed by atoms with E-state index < -0.39 is 0 Å². The van der Waals surface area contributed by atoms with Crippen LogP contribution >= 0.6 is 27.3 Å². The molecule has 0 fully saturated rings. The van der Waals surface area contributed by atoms with Crippen LogP contribution in [0.15, 0.2) is 34.1 Å². The number of nitrogens with two attached hydrogens (primary N) is 1. The van der Waals surface area contributed by atoms with Gasteiger partial charge in [0.05, 0.1) is 0 Å². The number of aromatic nitrogens is 1. The minimum absolute atomic E-state index is 0.120. The van der Waals surface area contributed by atoms with E-state index in [2.05, 4.69) is 20.9 Å². The van der Waals surface area contributed by atoms with E-state index in [1.54, 1.807) is 17.3 Å². The Kier molecular flexibility index (Phi) is 3.98. The van der Waals surface area contributed by atoms with Crippen LogP contribution in [0.3, 0.4) is 0 Å². The SMILES string of the molecule is CN(Cc1ccc(Br)cc1)C(=O)c1csc(N)n1. The second-order valence-corrected chi connectivity index (χ2v) is 5.66. The monoisotopic (exact) mass is 325 g/mol. The molecule has 0 unspecified atom stereocenters. The summed E-state index contributed by atoms with van der Waals surface area (Å²) in [6.07, 6.45) is 0. The molecular weight excluding hydrogens is 314 g/mol. The molecule has 0 saturated carbocycles. The molecule has 1 aromatic carbocycles. The number of nitrogens with zero attached hydrogens (tertiary/aromatic N) is 2. The first-order valence-corrected chi connectivity index (χ1v) is 6.94. The summed E-state index contributed by atoms with van der Waals surface area (Å²) < 4.78 is 1.02. The van der Waals surface area contributed by atoms with Crippen LogP contribution in [0.1, 0.15) is 16.1 Å². The molecule has 2 N–H and O–H groups in total. The quantitative estimate of drug-likeness (QED) is 0.943. The number of amides is 1. The lowest BCUT2D eigenvalue weighted by molar-refractivity contribution is 0.0780. The number of rotatable bonds is 3. The van der Waals surface area contributed by atoms with Gasteiger partial charge in [-0.2, -0.15) is 0 Å². The standard InChI is InChI=1S/C12H12BrN3OS/c1-16(6-8-2-4-9(13)5-3-8)11(17)10-7-18-12(14)15-10/h2-5,7H,6H2,1H3,(H2,14,15). The summed E-state index contributed by atoms with van der Waals surface area (Å²) >= 11 is 4.65. The number of carbonyl (C=O) groups is 1. The molecule has 0 radical (unpaired) electrons. The number of hydrogen-bond donors (Lipinski definition) is 1. The zero-order chi connectivity index (χ0) is 13.1. The van der Waals surface area contributed by atoms with Gasteiger partial charge in [-0.3, -0.25) is 4.79 Å². The number of anilines is 1. The van der Waals surface area contributed by atoms with Crippen LogP contribution in [0, 0.1) is 0 Å². The van der Waals surface area contributed by atoms with Crippen LogP contribution in [0.4, 0.5) is 5.13 Å². The van der Waals surface area contributed by atoms with Crippen molar-refractivity contribution in [1.82, 2.24) is 9.88 Å². The molecule has 0 aliphatic rings. The van der Waals surface area contributed by atoms with E-state index in [4.69, 9.17) is 5.73 Å². The Bertz CT molecular complexity index is 553. The van der Waals surface area contributed by atoms with Crippen molar-refractivity contribution in [2.24, 2.45) is 0 Å². The fourth-order valence-electron chi connectivity index (χ4n) is 1.52. The normalized spacial score (nSPS) is 10.3. The molecule has 18 heavy (non-hydrogen) atoms. The van der Waals surface area contributed by atoms with E-state index in [1.807, 2.05) is 24.3 Å².